The Morgan fingerprint density at radius 1 is 1.23 bits per heavy atom. The predicted molar refractivity (Wildman–Crippen MR) is 130 cm³/mol. The van der Waals surface area contributed by atoms with Gasteiger partial charge in [0.25, 0.3) is 0 Å². The summed E-state index contributed by atoms with van der Waals surface area (Å²) >= 11 is 5.91. The summed E-state index contributed by atoms with van der Waals surface area (Å²) in [4.78, 5) is 14.1. The molecule has 0 fully saturated rings. The van der Waals surface area contributed by atoms with Gasteiger partial charge in [-0.25, -0.2) is 10.5 Å². The van der Waals surface area contributed by atoms with E-state index in [4.69, 9.17) is 30.9 Å². The number of hydroxylamine groups is 1. The first kappa shape index (κ1) is 28.9. The lowest BCUT2D eigenvalue weighted by Crippen LogP contribution is -2.34. The molecule has 0 saturated heterocycles. The van der Waals surface area contributed by atoms with E-state index in [1.165, 1.54) is 0 Å². The maximum Gasteiger partial charge on any atom is 0.417 e. The highest BCUT2D eigenvalue weighted by Gasteiger charge is 2.32. The zero-order valence-corrected chi connectivity index (χ0v) is 21.5. The Balaban J connectivity index is 1.89. The Hall–Kier alpha value is -2.36. The van der Waals surface area contributed by atoms with Gasteiger partial charge < -0.3 is 9.47 Å². The van der Waals surface area contributed by atoms with Crippen LogP contribution in [0.3, 0.4) is 0 Å². The third-order valence-electron chi connectivity index (χ3n) is 5.56. The van der Waals surface area contributed by atoms with Crippen LogP contribution in [0.1, 0.15) is 55.3 Å². The summed E-state index contributed by atoms with van der Waals surface area (Å²) in [5.74, 6) is 0.787. The second kappa shape index (κ2) is 13.1. The Morgan fingerprint density at radius 2 is 1.94 bits per heavy atom. The smallest absolute Gasteiger partial charge is 0.417 e. The summed E-state index contributed by atoms with van der Waals surface area (Å²) in [5, 5.41) is -0.213. The van der Waals surface area contributed by atoms with Crippen molar-refractivity contribution in [3.05, 3.63) is 58.0 Å². The number of rotatable bonds is 13. The van der Waals surface area contributed by atoms with E-state index < -0.39 is 23.9 Å². The standard InChI is InChI=1S/C25H33ClF3N3O3/c1-7-12-33-23-15(3)16(4)32-22(8-2)20(23)10-9-11-31-35-18(6)17(5)34-24-21(26)13-19(14-30-24)25(27,28)29/h7,13-14,17-18,31H,1,8-12H2,2-6H3. The minimum absolute atomic E-state index is 0.0796. The van der Waals surface area contributed by atoms with Gasteiger partial charge in [-0.3, -0.25) is 9.82 Å². The number of hydrogen-bond donors (Lipinski definition) is 1. The van der Waals surface area contributed by atoms with Crippen LogP contribution < -0.4 is 15.0 Å². The van der Waals surface area contributed by atoms with Crippen LogP contribution in [0.2, 0.25) is 5.02 Å². The monoisotopic (exact) mass is 515 g/mol. The zero-order valence-electron chi connectivity index (χ0n) is 20.8. The summed E-state index contributed by atoms with van der Waals surface area (Å²) in [6.45, 7) is 14.3. The van der Waals surface area contributed by atoms with Crippen LogP contribution in [0.5, 0.6) is 11.6 Å². The molecule has 0 saturated carbocycles. The van der Waals surface area contributed by atoms with Crippen LogP contribution in [0.4, 0.5) is 13.2 Å². The second-order valence-corrected chi connectivity index (χ2v) is 8.59. The van der Waals surface area contributed by atoms with Gasteiger partial charge >= 0.3 is 6.18 Å². The van der Waals surface area contributed by atoms with Crippen molar-refractivity contribution in [2.24, 2.45) is 0 Å². The minimum atomic E-state index is -4.52. The summed E-state index contributed by atoms with van der Waals surface area (Å²) in [5.41, 5.74) is 6.09. The van der Waals surface area contributed by atoms with Gasteiger partial charge in [-0.2, -0.15) is 13.2 Å². The maximum atomic E-state index is 12.8. The number of pyridine rings is 2. The Labute approximate surface area is 209 Å². The van der Waals surface area contributed by atoms with E-state index in [0.29, 0.717) is 19.3 Å². The van der Waals surface area contributed by atoms with E-state index >= 15 is 0 Å². The minimum Gasteiger partial charge on any atom is -0.489 e. The highest BCUT2D eigenvalue weighted by molar-refractivity contribution is 6.31. The van der Waals surface area contributed by atoms with E-state index in [0.717, 1.165) is 53.6 Å². The molecule has 0 aliphatic heterocycles. The van der Waals surface area contributed by atoms with Crippen molar-refractivity contribution in [1.29, 1.82) is 0 Å². The summed E-state index contributed by atoms with van der Waals surface area (Å²) in [6.07, 6.45) is -0.714. The number of ether oxygens (including phenoxy) is 2. The van der Waals surface area contributed by atoms with Crippen LogP contribution in [0, 0.1) is 13.8 Å². The number of nitrogens with zero attached hydrogens (tertiary/aromatic N) is 2. The van der Waals surface area contributed by atoms with Gasteiger partial charge in [0.1, 0.15) is 29.6 Å². The van der Waals surface area contributed by atoms with E-state index in [1.54, 1.807) is 19.9 Å². The predicted octanol–water partition coefficient (Wildman–Crippen LogP) is 6.20. The molecule has 0 aliphatic carbocycles. The lowest BCUT2D eigenvalue weighted by atomic mass is 10.0. The summed E-state index contributed by atoms with van der Waals surface area (Å²) in [7, 11) is 0. The first-order valence-corrected chi connectivity index (χ1v) is 11.9. The molecule has 10 heteroatoms. The fraction of sp³-hybridized carbons (Fsp3) is 0.520. The van der Waals surface area contributed by atoms with Gasteiger partial charge in [-0.15, -0.1) is 0 Å². The van der Waals surface area contributed by atoms with E-state index in [-0.39, 0.29) is 10.9 Å². The van der Waals surface area contributed by atoms with Crippen LogP contribution in [0.25, 0.3) is 0 Å². The van der Waals surface area contributed by atoms with Crippen LogP contribution in [-0.2, 0) is 23.9 Å². The number of nitrogens with one attached hydrogen (secondary N) is 1. The fourth-order valence-electron chi connectivity index (χ4n) is 3.33. The zero-order chi connectivity index (χ0) is 26.2. The highest BCUT2D eigenvalue weighted by atomic mass is 35.5. The molecule has 2 aromatic rings. The number of alkyl halides is 3. The normalized spacial score (nSPS) is 13.4. The average molecular weight is 516 g/mol. The molecular formula is C25H33ClF3N3O3. The van der Waals surface area contributed by atoms with Gasteiger partial charge in [0.15, 0.2) is 0 Å². The molecule has 6 nitrogen and oxygen atoms in total. The lowest BCUT2D eigenvalue weighted by molar-refractivity contribution is -0.137. The molecule has 2 aromatic heterocycles. The third kappa shape index (κ3) is 8.08. The number of aromatic nitrogens is 2. The molecule has 0 aliphatic rings. The Bertz CT molecular complexity index is 1000. The Morgan fingerprint density at radius 3 is 2.54 bits per heavy atom. The molecule has 0 amide bonds. The molecule has 0 radical (unpaired) electrons. The largest absolute Gasteiger partial charge is 0.489 e. The summed E-state index contributed by atoms with van der Waals surface area (Å²) in [6, 6.07) is 0.791. The van der Waals surface area contributed by atoms with Crippen molar-refractivity contribution in [1.82, 2.24) is 15.4 Å². The molecule has 35 heavy (non-hydrogen) atoms. The molecule has 2 unspecified atom stereocenters. The topological polar surface area (TPSA) is 65.5 Å². The average Bonchev–Trinajstić information content (AvgIpc) is 2.80. The van der Waals surface area contributed by atoms with Crippen molar-refractivity contribution in [2.75, 3.05) is 13.2 Å². The lowest BCUT2D eigenvalue weighted by Gasteiger charge is -2.22. The van der Waals surface area contributed by atoms with Crippen molar-refractivity contribution in [2.45, 2.75) is 72.3 Å². The fourth-order valence-corrected chi connectivity index (χ4v) is 3.54. The van der Waals surface area contributed by atoms with Crippen LogP contribution >= 0.6 is 11.6 Å². The number of halogens is 4. The van der Waals surface area contributed by atoms with Crippen molar-refractivity contribution < 1.29 is 27.5 Å². The second-order valence-electron chi connectivity index (χ2n) is 8.18. The van der Waals surface area contributed by atoms with Crippen molar-refractivity contribution >= 4 is 11.6 Å². The van der Waals surface area contributed by atoms with Gasteiger partial charge in [-0.1, -0.05) is 31.2 Å². The third-order valence-corrected chi connectivity index (χ3v) is 5.83. The first-order chi connectivity index (χ1) is 16.5. The molecule has 194 valence electrons. The Kier molecular flexibility index (Phi) is 10.8. The van der Waals surface area contributed by atoms with Crippen molar-refractivity contribution in [3.63, 3.8) is 0 Å². The van der Waals surface area contributed by atoms with Crippen LogP contribution in [0.15, 0.2) is 24.9 Å². The molecule has 0 spiro atoms. The van der Waals surface area contributed by atoms with E-state index in [1.807, 2.05) is 13.8 Å². The summed E-state index contributed by atoms with van der Waals surface area (Å²) < 4.78 is 49.9. The van der Waals surface area contributed by atoms with Gasteiger partial charge in [0.2, 0.25) is 5.88 Å². The molecule has 0 bridgehead atoms. The molecule has 0 aromatic carbocycles. The quantitative estimate of drug-likeness (QED) is 0.194. The SMILES string of the molecule is C=CCOc1c(C)c(C)nc(CC)c1CCCNOC(C)C(C)Oc1ncc(C(F)(F)F)cc1Cl. The molecule has 2 heterocycles. The first-order valence-electron chi connectivity index (χ1n) is 11.5. The van der Waals surface area contributed by atoms with Gasteiger partial charge in [-0.05, 0) is 53.0 Å². The molecular weight excluding hydrogens is 483 g/mol. The van der Waals surface area contributed by atoms with E-state index in [2.05, 4.69) is 24.0 Å². The highest BCUT2D eigenvalue weighted by Crippen LogP contribution is 2.33. The molecule has 1 N–H and O–H groups in total. The number of hydrogen-bond acceptors (Lipinski definition) is 6. The van der Waals surface area contributed by atoms with Gasteiger partial charge in [0.05, 0.1) is 5.56 Å². The maximum absolute atomic E-state index is 12.8. The van der Waals surface area contributed by atoms with Gasteiger partial charge in [0, 0.05) is 35.3 Å². The molecule has 2 atom stereocenters. The van der Waals surface area contributed by atoms with Crippen molar-refractivity contribution in [3.8, 4) is 11.6 Å². The van der Waals surface area contributed by atoms with Crippen LogP contribution in [-0.4, -0.2) is 35.3 Å². The van der Waals surface area contributed by atoms with E-state index in [9.17, 15) is 13.2 Å². The number of aryl methyl sites for hydroxylation is 2. The molecule has 2 rings (SSSR count).